The fourth-order valence-corrected chi connectivity index (χ4v) is 4.57. The Labute approximate surface area is 156 Å². The van der Waals surface area contributed by atoms with Crippen molar-refractivity contribution in [3.05, 3.63) is 0 Å². The molecule has 0 fully saturated rings. The third-order valence-corrected chi connectivity index (χ3v) is 5.99. The summed E-state index contributed by atoms with van der Waals surface area (Å²) in [6.45, 7) is 5.71. The van der Waals surface area contributed by atoms with Gasteiger partial charge < -0.3 is 13.9 Å². The number of hydrogen-bond donors (Lipinski definition) is 1. The maximum absolute atomic E-state index is 10.1. The third-order valence-electron chi connectivity index (χ3n) is 4.25. The van der Waals surface area contributed by atoms with Crippen LogP contribution in [-0.2, 0) is 20.9 Å². The number of hydrogen-bond acceptors (Lipinski definition) is 3. The lowest BCUT2D eigenvalue weighted by molar-refractivity contribution is 0.139. The fraction of sp³-hybridized carbons (Fsp3) is 1.00. The van der Waals surface area contributed by atoms with Crippen LogP contribution in [0.2, 0.25) is 0 Å². The van der Waals surface area contributed by atoms with E-state index in [1.165, 1.54) is 77.0 Å². The van der Waals surface area contributed by atoms with Gasteiger partial charge in [-0.05, 0) is 44.4 Å². The van der Waals surface area contributed by atoms with Gasteiger partial charge in [0.2, 0.25) is 0 Å². The summed E-state index contributed by atoms with van der Waals surface area (Å²) >= 11 is 5.10. The minimum Gasteiger partial charge on any atom is -0.324 e. The van der Waals surface area contributed by atoms with Gasteiger partial charge >= 0.3 is 6.72 Å². The average Bonchev–Trinajstić information content (AvgIpc) is 2.50. The highest BCUT2D eigenvalue weighted by Gasteiger charge is 2.19. The summed E-state index contributed by atoms with van der Waals surface area (Å²) in [7, 11) is 0. The molecule has 0 aromatic heterocycles. The Morgan fingerprint density at radius 2 is 1.29 bits per heavy atom. The third kappa shape index (κ3) is 16.0. The zero-order valence-corrected chi connectivity index (χ0v) is 18.2. The van der Waals surface area contributed by atoms with Crippen LogP contribution in [0.5, 0.6) is 0 Å². The van der Waals surface area contributed by atoms with Crippen LogP contribution in [0.15, 0.2) is 0 Å². The first-order valence-electron chi connectivity index (χ1n) is 10.1. The monoisotopic (exact) mass is 380 g/mol. The SMILES string of the molecule is CCCCCCCCC(CCCCCC)COP(O)(=S)OC(C)C. The normalized spacial score (nSPS) is 15.6. The summed E-state index contributed by atoms with van der Waals surface area (Å²) in [5, 5.41) is 0. The predicted octanol–water partition coefficient (Wildman–Crippen LogP) is 6.98. The molecular formula is C19H41O3PS. The second kappa shape index (κ2) is 15.8. The van der Waals surface area contributed by atoms with E-state index in [1.54, 1.807) is 0 Å². The Hall–Kier alpha value is 0.530. The van der Waals surface area contributed by atoms with Crippen LogP contribution >= 0.6 is 6.72 Å². The molecule has 0 aliphatic carbocycles. The van der Waals surface area contributed by atoms with Crippen molar-refractivity contribution in [3.63, 3.8) is 0 Å². The molecule has 1 N–H and O–H groups in total. The van der Waals surface area contributed by atoms with E-state index in [0.29, 0.717) is 12.5 Å². The zero-order valence-electron chi connectivity index (χ0n) is 16.5. The fourth-order valence-electron chi connectivity index (χ4n) is 2.88. The quantitative estimate of drug-likeness (QED) is 0.218. The predicted molar refractivity (Wildman–Crippen MR) is 109 cm³/mol. The summed E-state index contributed by atoms with van der Waals surface area (Å²) in [4.78, 5) is 10.1. The largest absolute Gasteiger partial charge is 0.324 e. The van der Waals surface area contributed by atoms with Crippen molar-refractivity contribution < 1.29 is 13.9 Å². The van der Waals surface area contributed by atoms with Crippen molar-refractivity contribution >= 4 is 18.5 Å². The summed E-state index contributed by atoms with van der Waals surface area (Å²) in [6, 6.07) is 0. The maximum Gasteiger partial charge on any atom is 0.324 e. The molecule has 0 heterocycles. The van der Waals surface area contributed by atoms with Crippen molar-refractivity contribution in [1.82, 2.24) is 0 Å². The van der Waals surface area contributed by atoms with Gasteiger partial charge in [0, 0.05) is 0 Å². The van der Waals surface area contributed by atoms with E-state index in [9.17, 15) is 4.89 Å². The zero-order chi connectivity index (χ0) is 18.3. The van der Waals surface area contributed by atoms with Gasteiger partial charge in [-0.1, -0.05) is 78.1 Å². The lowest BCUT2D eigenvalue weighted by Crippen LogP contribution is -2.11. The Bertz CT molecular complexity index is 324. The van der Waals surface area contributed by atoms with E-state index >= 15 is 0 Å². The summed E-state index contributed by atoms with van der Waals surface area (Å²) in [5.74, 6) is 0.498. The average molecular weight is 381 g/mol. The van der Waals surface area contributed by atoms with E-state index in [1.807, 2.05) is 13.8 Å². The Morgan fingerprint density at radius 1 is 0.833 bits per heavy atom. The van der Waals surface area contributed by atoms with Crippen LogP contribution in [-0.4, -0.2) is 17.6 Å². The Morgan fingerprint density at radius 3 is 1.79 bits per heavy atom. The second-order valence-electron chi connectivity index (χ2n) is 7.19. The molecule has 0 radical (unpaired) electrons. The van der Waals surface area contributed by atoms with Gasteiger partial charge in [-0.15, -0.1) is 0 Å². The second-order valence-corrected chi connectivity index (χ2v) is 9.98. The minimum absolute atomic E-state index is 0.0950. The molecule has 0 spiro atoms. The first kappa shape index (κ1) is 24.5. The van der Waals surface area contributed by atoms with Gasteiger partial charge in [-0.25, -0.2) is 0 Å². The van der Waals surface area contributed by atoms with E-state index in [0.717, 1.165) is 0 Å². The molecule has 0 aromatic carbocycles. The van der Waals surface area contributed by atoms with E-state index < -0.39 is 6.72 Å². The first-order chi connectivity index (χ1) is 11.4. The van der Waals surface area contributed by atoms with Crippen LogP contribution in [0, 0.1) is 5.92 Å². The highest BCUT2D eigenvalue weighted by atomic mass is 32.5. The lowest BCUT2D eigenvalue weighted by Gasteiger charge is -2.22. The molecule has 146 valence electrons. The van der Waals surface area contributed by atoms with Crippen molar-refractivity contribution in [3.8, 4) is 0 Å². The smallest absolute Gasteiger partial charge is 0.324 e. The maximum atomic E-state index is 10.1. The molecule has 3 nitrogen and oxygen atoms in total. The van der Waals surface area contributed by atoms with E-state index in [-0.39, 0.29) is 6.10 Å². The van der Waals surface area contributed by atoms with Gasteiger partial charge in [-0.2, -0.15) is 0 Å². The number of unbranched alkanes of at least 4 members (excludes halogenated alkanes) is 8. The van der Waals surface area contributed by atoms with Crippen molar-refractivity contribution in [2.75, 3.05) is 6.61 Å². The standard InChI is InChI=1S/C19H41O3PS/c1-5-7-9-11-12-14-16-19(15-13-10-8-6-2)17-21-23(20,24)22-18(3)4/h18-19H,5-17H2,1-4H3,(H,20,24). The lowest BCUT2D eigenvalue weighted by atomic mass is 9.95. The van der Waals surface area contributed by atoms with E-state index in [4.69, 9.17) is 20.9 Å². The first-order valence-corrected chi connectivity index (χ1v) is 12.7. The molecule has 5 heteroatoms. The van der Waals surface area contributed by atoms with Crippen molar-refractivity contribution in [2.45, 2.75) is 111 Å². The Kier molecular flexibility index (Phi) is 16.1. The molecule has 2 atom stereocenters. The Balaban J connectivity index is 4.14. The molecule has 0 amide bonds. The van der Waals surface area contributed by atoms with Crippen LogP contribution in [0.3, 0.4) is 0 Å². The molecule has 2 unspecified atom stereocenters. The molecular weight excluding hydrogens is 339 g/mol. The highest BCUT2D eigenvalue weighted by molar-refractivity contribution is 8.07. The van der Waals surface area contributed by atoms with Crippen LogP contribution in [0.4, 0.5) is 0 Å². The summed E-state index contributed by atoms with van der Waals surface area (Å²) in [5.41, 5.74) is 0. The van der Waals surface area contributed by atoms with Crippen molar-refractivity contribution in [2.24, 2.45) is 5.92 Å². The minimum atomic E-state index is -3.07. The van der Waals surface area contributed by atoms with Crippen LogP contribution in [0.1, 0.15) is 105 Å². The molecule has 0 aromatic rings. The molecule has 0 bridgehead atoms. The van der Waals surface area contributed by atoms with Crippen LogP contribution < -0.4 is 0 Å². The number of rotatable bonds is 17. The van der Waals surface area contributed by atoms with E-state index in [2.05, 4.69) is 13.8 Å². The van der Waals surface area contributed by atoms with Gasteiger partial charge in [0.15, 0.2) is 0 Å². The summed E-state index contributed by atoms with van der Waals surface area (Å²) in [6.07, 6.45) is 15.3. The molecule has 0 aliphatic heterocycles. The topological polar surface area (TPSA) is 38.7 Å². The van der Waals surface area contributed by atoms with Gasteiger partial charge in [0.05, 0.1) is 12.7 Å². The summed E-state index contributed by atoms with van der Waals surface area (Å²) < 4.78 is 11.0. The van der Waals surface area contributed by atoms with Gasteiger partial charge in [-0.3, -0.25) is 0 Å². The van der Waals surface area contributed by atoms with Crippen LogP contribution in [0.25, 0.3) is 0 Å². The van der Waals surface area contributed by atoms with Gasteiger partial charge in [0.25, 0.3) is 0 Å². The molecule has 24 heavy (non-hydrogen) atoms. The molecule has 0 saturated heterocycles. The highest BCUT2D eigenvalue weighted by Crippen LogP contribution is 2.45. The van der Waals surface area contributed by atoms with Gasteiger partial charge in [0.1, 0.15) is 0 Å². The molecule has 0 saturated carbocycles. The molecule has 0 aliphatic rings. The van der Waals surface area contributed by atoms with Crippen molar-refractivity contribution in [1.29, 1.82) is 0 Å². The molecule has 0 rings (SSSR count).